The van der Waals surface area contributed by atoms with Gasteiger partial charge in [0.15, 0.2) is 0 Å². The minimum absolute atomic E-state index is 0.00259. The van der Waals surface area contributed by atoms with E-state index in [1.54, 1.807) is 0 Å². The van der Waals surface area contributed by atoms with Crippen molar-refractivity contribution < 1.29 is 13.0 Å². The first kappa shape index (κ1) is 10.4. The molecule has 1 heterocycles. The maximum Gasteiger partial charge on any atom is 0.296 e. The second kappa shape index (κ2) is 3.50. The van der Waals surface area contributed by atoms with Crippen molar-refractivity contribution in [1.82, 2.24) is 0 Å². The molecule has 5 heteroatoms. The molecule has 4 nitrogen and oxygen atoms in total. The third-order valence-electron chi connectivity index (χ3n) is 2.53. The second-order valence-corrected chi connectivity index (χ2v) is 5.19. The second-order valence-electron chi connectivity index (χ2n) is 3.80. The summed E-state index contributed by atoms with van der Waals surface area (Å²) in [6, 6.07) is 3.45. The molecule has 1 aliphatic rings. The van der Waals surface area contributed by atoms with Gasteiger partial charge in [0.25, 0.3) is 10.1 Å². The number of hydrogen-bond acceptors (Lipinski definition) is 3. The summed E-state index contributed by atoms with van der Waals surface area (Å²) >= 11 is 0. The number of benzene rings is 1. The lowest BCUT2D eigenvalue weighted by Gasteiger charge is -2.20. The van der Waals surface area contributed by atoms with E-state index in [0.717, 1.165) is 30.5 Å². The third-order valence-corrected chi connectivity index (χ3v) is 3.41. The van der Waals surface area contributed by atoms with E-state index in [1.165, 1.54) is 6.07 Å². The highest BCUT2D eigenvalue weighted by Crippen LogP contribution is 2.30. The summed E-state index contributed by atoms with van der Waals surface area (Å²) in [6.07, 6.45) is 1.84. The first-order chi connectivity index (χ1) is 6.98. The summed E-state index contributed by atoms with van der Waals surface area (Å²) in [5.41, 5.74) is 2.38. The van der Waals surface area contributed by atoms with Gasteiger partial charge in [-0.05, 0) is 37.0 Å². The summed E-state index contributed by atoms with van der Waals surface area (Å²) in [7, 11) is -4.13. The molecule has 82 valence electrons. The van der Waals surface area contributed by atoms with Crippen molar-refractivity contribution in [2.75, 3.05) is 11.9 Å². The van der Waals surface area contributed by atoms with Gasteiger partial charge in [-0.15, -0.1) is 0 Å². The van der Waals surface area contributed by atoms with E-state index in [-0.39, 0.29) is 4.90 Å². The number of nitrogens with one attached hydrogen (secondary N) is 1. The van der Waals surface area contributed by atoms with Crippen molar-refractivity contribution in [2.24, 2.45) is 0 Å². The van der Waals surface area contributed by atoms with Gasteiger partial charge in [0.2, 0.25) is 0 Å². The molecule has 0 spiro atoms. The average molecular weight is 227 g/mol. The predicted octanol–water partition coefficient (Wildman–Crippen LogP) is 1.60. The van der Waals surface area contributed by atoms with Crippen molar-refractivity contribution in [3.8, 4) is 0 Å². The van der Waals surface area contributed by atoms with Crippen molar-refractivity contribution in [3.63, 3.8) is 0 Å². The van der Waals surface area contributed by atoms with Crippen LogP contribution in [0.4, 0.5) is 5.69 Å². The van der Waals surface area contributed by atoms with Crippen LogP contribution < -0.4 is 5.32 Å². The molecule has 0 bridgehead atoms. The van der Waals surface area contributed by atoms with Gasteiger partial charge in [-0.1, -0.05) is 6.07 Å². The molecular formula is C10H13NO3S. The summed E-state index contributed by atoms with van der Waals surface area (Å²) < 4.78 is 31.4. The largest absolute Gasteiger partial charge is 0.384 e. The van der Waals surface area contributed by atoms with Gasteiger partial charge < -0.3 is 5.32 Å². The topological polar surface area (TPSA) is 66.4 Å². The molecule has 0 aromatic heterocycles. The van der Waals surface area contributed by atoms with Crippen molar-refractivity contribution in [1.29, 1.82) is 0 Å². The highest BCUT2D eigenvalue weighted by atomic mass is 32.2. The zero-order valence-electron chi connectivity index (χ0n) is 8.45. The minimum atomic E-state index is -4.13. The summed E-state index contributed by atoms with van der Waals surface area (Å²) in [5, 5.41) is 3.03. The van der Waals surface area contributed by atoms with Crippen molar-refractivity contribution in [2.45, 2.75) is 24.7 Å². The molecule has 15 heavy (non-hydrogen) atoms. The summed E-state index contributed by atoms with van der Waals surface area (Å²) in [4.78, 5) is -0.00259. The standard InChI is InChI=1S/C10H13NO3S/c1-7-5-8-3-2-4-11-10(8)9(6-7)15(12,13)14/h5-6,11H,2-4H2,1H3,(H,12,13,14). The monoisotopic (exact) mass is 227 g/mol. The first-order valence-electron chi connectivity index (χ1n) is 4.83. The molecule has 2 N–H and O–H groups in total. The van der Waals surface area contributed by atoms with Gasteiger partial charge in [0.1, 0.15) is 4.90 Å². The molecule has 1 aromatic rings. The fourth-order valence-corrected chi connectivity index (χ4v) is 2.72. The molecule has 0 atom stereocenters. The van der Waals surface area contributed by atoms with Gasteiger partial charge in [-0.25, -0.2) is 0 Å². The van der Waals surface area contributed by atoms with Crippen LogP contribution in [0.3, 0.4) is 0 Å². The maximum atomic E-state index is 11.2. The van der Waals surface area contributed by atoms with Crippen LogP contribution in [-0.2, 0) is 16.5 Å². The molecular weight excluding hydrogens is 214 g/mol. The zero-order valence-corrected chi connectivity index (χ0v) is 9.26. The van der Waals surface area contributed by atoms with Crippen molar-refractivity contribution >= 4 is 15.8 Å². The highest BCUT2D eigenvalue weighted by Gasteiger charge is 2.21. The fraction of sp³-hybridized carbons (Fsp3) is 0.400. The Morgan fingerprint density at radius 3 is 2.80 bits per heavy atom. The highest BCUT2D eigenvalue weighted by molar-refractivity contribution is 7.86. The fourth-order valence-electron chi connectivity index (χ4n) is 1.92. The van der Waals surface area contributed by atoms with E-state index >= 15 is 0 Å². The molecule has 1 aliphatic heterocycles. The third kappa shape index (κ3) is 1.98. The lowest BCUT2D eigenvalue weighted by molar-refractivity contribution is 0.483. The van der Waals surface area contributed by atoms with Crippen LogP contribution >= 0.6 is 0 Å². The van der Waals surface area contributed by atoms with Crippen LogP contribution in [0.15, 0.2) is 17.0 Å². The predicted molar refractivity (Wildman–Crippen MR) is 57.8 cm³/mol. The number of hydrogen-bond donors (Lipinski definition) is 2. The van der Waals surface area contributed by atoms with Crippen LogP contribution in [0.1, 0.15) is 17.5 Å². The van der Waals surface area contributed by atoms with E-state index < -0.39 is 10.1 Å². The first-order valence-corrected chi connectivity index (χ1v) is 6.27. The van der Waals surface area contributed by atoms with E-state index in [9.17, 15) is 8.42 Å². The maximum absolute atomic E-state index is 11.2. The average Bonchev–Trinajstić information content (AvgIpc) is 2.15. The van der Waals surface area contributed by atoms with Crippen LogP contribution in [0.25, 0.3) is 0 Å². The lowest BCUT2D eigenvalue weighted by atomic mass is 10.0. The Balaban J connectivity index is 2.68. The van der Waals surface area contributed by atoms with Gasteiger partial charge in [-0.3, -0.25) is 4.55 Å². The van der Waals surface area contributed by atoms with E-state index in [1.807, 2.05) is 13.0 Å². The molecule has 0 aliphatic carbocycles. The molecule has 2 rings (SSSR count). The SMILES string of the molecule is Cc1cc2c(c(S(=O)(=O)O)c1)NCCC2. The number of fused-ring (bicyclic) bond motifs is 1. The van der Waals surface area contributed by atoms with Gasteiger partial charge in [0.05, 0.1) is 5.69 Å². The van der Waals surface area contributed by atoms with Crippen LogP contribution in [0.5, 0.6) is 0 Å². The summed E-state index contributed by atoms with van der Waals surface area (Å²) in [5.74, 6) is 0. The molecule has 0 saturated carbocycles. The van der Waals surface area contributed by atoms with Gasteiger partial charge in [0, 0.05) is 6.54 Å². The Bertz CT molecular complexity index is 494. The number of aryl methyl sites for hydroxylation is 2. The minimum Gasteiger partial charge on any atom is -0.384 e. The Morgan fingerprint density at radius 2 is 2.13 bits per heavy atom. The van der Waals surface area contributed by atoms with E-state index in [0.29, 0.717) is 5.69 Å². The van der Waals surface area contributed by atoms with Crippen molar-refractivity contribution in [3.05, 3.63) is 23.3 Å². The number of rotatable bonds is 1. The van der Waals surface area contributed by atoms with E-state index in [4.69, 9.17) is 4.55 Å². The molecule has 0 fully saturated rings. The normalized spacial score (nSPS) is 15.6. The van der Waals surface area contributed by atoms with Gasteiger partial charge >= 0.3 is 0 Å². The Morgan fingerprint density at radius 1 is 1.40 bits per heavy atom. The summed E-state index contributed by atoms with van der Waals surface area (Å²) in [6.45, 7) is 2.57. The molecule has 0 saturated heterocycles. The Labute approximate surface area is 89.1 Å². The zero-order chi connectivity index (χ0) is 11.1. The molecule has 1 aromatic carbocycles. The molecule has 0 amide bonds. The number of anilines is 1. The Hall–Kier alpha value is -1.07. The quantitative estimate of drug-likeness (QED) is 0.715. The van der Waals surface area contributed by atoms with Crippen LogP contribution in [0, 0.1) is 6.92 Å². The molecule has 0 radical (unpaired) electrons. The van der Waals surface area contributed by atoms with Gasteiger partial charge in [-0.2, -0.15) is 8.42 Å². The van der Waals surface area contributed by atoms with Crippen LogP contribution in [-0.4, -0.2) is 19.5 Å². The Kier molecular flexibility index (Phi) is 2.44. The van der Waals surface area contributed by atoms with E-state index in [2.05, 4.69) is 5.32 Å². The lowest BCUT2D eigenvalue weighted by Crippen LogP contribution is -2.16. The van der Waals surface area contributed by atoms with Crippen LogP contribution in [0.2, 0.25) is 0 Å². The smallest absolute Gasteiger partial charge is 0.296 e. The molecule has 0 unspecified atom stereocenters.